The molecule has 0 aliphatic carbocycles. The van der Waals surface area contributed by atoms with Crippen molar-refractivity contribution in [3.05, 3.63) is 24.4 Å². The van der Waals surface area contributed by atoms with E-state index in [0.717, 1.165) is 23.0 Å². The Balaban J connectivity index is 0.00000180. The molecule has 0 radical (unpaired) electrons. The van der Waals surface area contributed by atoms with Crippen molar-refractivity contribution in [1.29, 1.82) is 0 Å². The molecule has 2 rings (SSSR count). The number of aromatic amines is 1. The average Bonchev–Trinajstić information content (AvgIpc) is 2.76. The Labute approximate surface area is 118 Å². The van der Waals surface area contributed by atoms with Gasteiger partial charge in [0.05, 0.1) is 17.3 Å². The molecular weight excluding hydrogens is 264 g/mol. The van der Waals surface area contributed by atoms with Crippen LogP contribution in [0, 0.1) is 0 Å². The van der Waals surface area contributed by atoms with Crippen LogP contribution < -0.4 is 11.1 Å². The first-order valence-corrected chi connectivity index (χ1v) is 6.06. The van der Waals surface area contributed by atoms with Gasteiger partial charge in [0.15, 0.2) is 0 Å². The highest BCUT2D eigenvalue weighted by molar-refractivity contribution is 5.99. The number of H-pyrrole nitrogens is 1. The summed E-state index contributed by atoms with van der Waals surface area (Å²) in [6.07, 6.45) is 3.26. The minimum atomic E-state index is -0.833. The van der Waals surface area contributed by atoms with E-state index in [0.29, 0.717) is 6.42 Å². The molecule has 1 atom stereocenters. The molecule has 1 amide bonds. The van der Waals surface area contributed by atoms with Crippen molar-refractivity contribution < 1.29 is 4.79 Å². The van der Waals surface area contributed by atoms with E-state index in [1.807, 2.05) is 25.1 Å². The van der Waals surface area contributed by atoms with Crippen LogP contribution in [0.15, 0.2) is 24.4 Å². The molecule has 4 N–H and O–H groups in total. The summed E-state index contributed by atoms with van der Waals surface area (Å²) in [5.41, 5.74) is 6.83. The van der Waals surface area contributed by atoms with Crippen molar-refractivity contribution in [3.8, 4) is 0 Å². The van der Waals surface area contributed by atoms with Gasteiger partial charge in [-0.25, -0.2) is 0 Å². The smallest absolute Gasteiger partial charge is 0.244 e. The Morgan fingerprint density at radius 2 is 2.26 bits per heavy atom. The largest absolute Gasteiger partial charge is 0.324 e. The van der Waals surface area contributed by atoms with E-state index in [2.05, 4.69) is 15.5 Å². The number of fused-ring (bicyclic) bond motifs is 1. The molecule has 5 nitrogen and oxygen atoms in total. The van der Waals surface area contributed by atoms with Crippen LogP contribution in [0.3, 0.4) is 0 Å². The van der Waals surface area contributed by atoms with Crippen molar-refractivity contribution >= 4 is 34.9 Å². The Bertz CT molecular complexity index is 565. The summed E-state index contributed by atoms with van der Waals surface area (Å²) >= 11 is 0. The summed E-state index contributed by atoms with van der Waals surface area (Å²) in [7, 11) is 0. The van der Waals surface area contributed by atoms with Crippen molar-refractivity contribution in [2.45, 2.75) is 32.2 Å². The first-order chi connectivity index (χ1) is 8.53. The highest BCUT2D eigenvalue weighted by Gasteiger charge is 2.27. The number of anilines is 1. The van der Waals surface area contributed by atoms with Gasteiger partial charge in [0.2, 0.25) is 5.91 Å². The molecule has 0 fully saturated rings. The molecule has 104 valence electrons. The molecule has 1 unspecified atom stereocenters. The Morgan fingerprint density at radius 1 is 1.53 bits per heavy atom. The van der Waals surface area contributed by atoms with Crippen LogP contribution in [-0.4, -0.2) is 21.6 Å². The maximum absolute atomic E-state index is 12.0. The predicted molar refractivity (Wildman–Crippen MR) is 79.5 cm³/mol. The number of carbonyl (C=O) groups excluding carboxylic acids is 1. The fourth-order valence-corrected chi connectivity index (χ4v) is 1.93. The fourth-order valence-electron chi connectivity index (χ4n) is 1.93. The summed E-state index contributed by atoms with van der Waals surface area (Å²) < 4.78 is 0. The number of benzene rings is 1. The van der Waals surface area contributed by atoms with Gasteiger partial charge in [-0.05, 0) is 31.5 Å². The lowest BCUT2D eigenvalue weighted by Crippen LogP contribution is -2.48. The molecule has 0 bridgehead atoms. The van der Waals surface area contributed by atoms with Crippen LogP contribution in [0.5, 0.6) is 0 Å². The van der Waals surface area contributed by atoms with Gasteiger partial charge in [-0.3, -0.25) is 9.89 Å². The van der Waals surface area contributed by atoms with E-state index in [1.165, 1.54) is 0 Å². The SMILES string of the molecule is CCCC(C)(N)C(=O)Nc1ccc2[nH]ncc2c1.Cl. The van der Waals surface area contributed by atoms with Gasteiger partial charge in [0.1, 0.15) is 0 Å². The van der Waals surface area contributed by atoms with Crippen LogP contribution >= 0.6 is 12.4 Å². The molecular formula is C13H19ClN4O. The van der Waals surface area contributed by atoms with E-state index in [-0.39, 0.29) is 18.3 Å². The third-order valence-corrected chi connectivity index (χ3v) is 2.99. The average molecular weight is 283 g/mol. The quantitative estimate of drug-likeness (QED) is 0.805. The third-order valence-electron chi connectivity index (χ3n) is 2.99. The Morgan fingerprint density at radius 3 is 2.95 bits per heavy atom. The predicted octanol–water partition coefficient (Wildman–Crippen LogP) is 2.44. The summed E-state index contributed by atoms with van der Waals surface area (Å²) in [4.78, 5) is 12.0. The Hall–Kier alpha value is -1.59. The molecule has 0 saturated heterocycles. The summed E-state index contributed by atoms with van der Waals surface area (Å²) in [5, 5.41) is 10.6. The number of aromatic nitrogens is 2. The van der Waals surface area contributed by atoms with Gasteiger partial charge in [-0.2, -0.15) is 5.10 Å². The summed E-state index contributed by atoms with van der Waals surface area (Å²) in [5.74, 6) is -0.160. The van der Waals surface area contributed by atoms with Gasteiger partial charge >= 0.3 is 0 Å². The maximum Gasteiger partial charge on any atom is 0.244 e. The van der Waals surface area contributed by atoms with Gasteiger partial charge in [-0.1, -0.05) is 13.3 Å². The number of hydrogen-bond acceptors (Lipinski definition) is 3. The minimum Gasteiger partial charge on any atom is -0.324 e. The number of carbonyl (C=O) groups is 1. The van der Waals surface area contributed by atoms with Gasteiger partial charge in [0.25, 0.3) is 0 Å². The number of nitrogens with zero attached hydrogens (tertiary/aromatic N) is 1. The molecule has 1 heterocycles. The van der Waals surface area contributed by atoms with E-state index in [9.17, 15) is 4.79 Å². The molecule has 0 spiro atoms. The second-order valence-electron chi connectivity index (χ2n) is 4.79. The van der Waals surface area contributed by atoms with Crippen LogP contribution in [0.2, 0.25) is 0 Å². The second kappa shape index (κ2) is 6.04. The number of rotatable bonds is 4. The lowest BCUT2D eigenvalue weighted by atomic mass is 9.96. The number of hydrogen-bond donors (Lipinski definition) is 3. The van der Waals surface area contributed by atoms with Crippen LogP contribution in [0.1, 0.15) is 26.7 Å². The van der Waals surface area contributed by atoms with Gasteiger partial charge < -0.3 is 11.1 Å². The molecule has 0 saturated carbocycles. The third kappa shape index (κ3) is 3.45. The van der Waals surface area contributed by atoms with Crippen LogP contribution in [0.4, 0.5) is 5.69 Å². The fraction of sp³-hybridized carbons (Fsp3) is 0.385. The first kappa shape index (κ1) is 15.5. The summed E-state index contributed by atoms with van der Waals surface area (Å²) in [6, 6.07) is 5.59. The highest BCUT2D eigenvalue weighted by Crippen LogP contribution is 2.18. The molecule has 2 aromatic rings. The minimum absolute atomic E-state index is 0. The molecule has 0 aliphatic rings. The molecule has 0 aliphatic heterocycles. The van der Waals surface area contributed by atoms with Crippen LogP contribution in [0.25, 0.3) is 10.9 Å². The zero-order valence-corrected chi connectivity index (χ0v) is 11.9. The lowest BCUT2D eigenvalue weighted by Gasteiger charge is -2.22. The van der Waals surface area contributed by atoms with E-state index >= 15 is 0 Å². The van der Waals surface area contributed by atoms with Gasteiger partial charge in [-0.15, -0.1) is 12.4 Å². The maximum atomic E-state index is 12.0. The topological polar surface area (TPSA) is 83.8 Å². The van der Waals surface area contributed by atoms with E-state index in [4.69, 9.17) is 5.73 Å². The number of nitrogens with two attached hydrogens (primary N) is 1. The van der Waals surface area contributed by atoms with E-state index < -0.39 is 5.54 Å². The Kier molecular flexibility index (Phi) is 4.91. The van der Waals surface area contributed by atoms with Gasteiger partial charge in [0, 0.05) is 11.1 Å². The van der Waals surface area contributed by atoms with Crippen LogP contribution in [-0.2, 0) is 4.79 Å². The zero-order valence-electron chi connectivity index (χ0n) is 11.1. The van der Waals surface area contributed by atoms with Crippen molar-refractivity contribution in [1.82, 2.24) is 10.2 Å². The molecule has 1 aromatic carbocycles. The number of amides is 1. The second-order valence-corrected chi connectivity index (χ2v) is 4.79. The molecule has 19 heavy (non-hydrogen) atoms. The van der Waals surface area contributed by atoms with Crippen molar-refractivity contribution in [2.75, 3.05) is 5.32 Å². The number of halogens is 1. The van der Waals surface area contributed by atoms with Crippen molar-refractivity contribution in [3.63, 3.8) is 0 Å². The monoisotopic (exact) mass is 282 g/mol. The standard InChI is InChI=1S/C13H18N4O.ClH/c1-3-6-13(2,14)12(18)16-10-4-5-11-9(7-10)8-15-17-11;/h4-5,7-8H,3,6,14H2,1-2H3,(H,15,17)(H,16,18);1H. The van der Waals surface area contributed by atoms with E-state index in [1.54, 1.807) is 13.1 Å². The highest BCUT2D eigenvalue weighted by atomic mass is 35.5. The zero-order chi connectivity index (χ0) is 13.2. The number of nitrogens with one attached hydrogen (secondary N) is 2. The normalized spacial score (nSPS) is 13.6. The lowest BCUT2D eigenvalue weighted by molar-refractivity contribution is -0.120. The summed E-state index contributed by atoms with van der Waals surface area (Å²) in [6.45, 7) is 3.76. The molecule has 1 aromatic heterocycles. The molecule has 6 heteroatoms. The van der Waals surface area contributed by atoms with Crippen molar-refractivity contribution in [2.24, 2.45) is 5.73 Å². The first-order valence-electron chi connectivity index (χ1n) is 6.06.